The van der Waals surface area contributed by atoms with Crippen LogP contribution in [0.25, 0.3) is 0 Å². The molecule has 1 aliphatic heterocycles. The molecule has 1 aromatic carbocycles. The highest BCUT2D eigenvalue weighted by Gasteiger charge is 2.31. The molecule has 6 heteroatoms. The lowest BCUT2D eigenvalue weighted by Crippen LogP contribution is -2.08. The Hall–Kier alpha value is -1.30. The normalized spacial score (nSPS) is 23.4. The fourth-order valence-electron chi connectivity index (χ4n) is 1.98. The molecule has 16 heavy (non-hydrogen) atoms. The molecule has 1 unspecified atom stereocenters. The van der Waals surface area contributed by atoms with Gasteiger partial charge in [-0.05, 0) is 18.1 Å². The number of sulfone groups is 1. The summed E-state index contributed by atoms with van der Waals surface area (Å²) in [4.78, 5) is 0. The van der Waals surface area contributed by atoms with Crippen LogP contribution in [0.2, 0.25) is 0 Å². The van der Waals surface area contributed by atoms with Gasteiger partial charge >= 0.3 is 0 Å². The molecule has 4 nitrogen and oxygen atoms in total. The zero-order valence-electron chi connectivity index (χ0n) is 8.61. The maximum atomic E-state index is 13.8. The number of benzene rings is 1. The van der Waals surface area contributed by atoms with E-state index in [4.69, 9.17) is 11.5 Å². The Morgan fingerprint density at radius 2 is 2.00 bits per heavy atom. The van der Waals surface area contributed by atoms with Crippen molar-refractivity contribution in [2.24, 2.45) is 0 Å². The number of hydrogen-bond donors (Lipinski definition) is 2. The minimum Gasteiger partial charge on any atom is -0.397 e. The second-order valence-electron chi connectivity index (χ2n) is 4.07. The van der Waals surface area contributed by atoms with Gasteiger partial charge in [0.25, 0.3) is 0 Å². The molecule has 1 aromatic rings. The SMILES string of the molecule is Nc1ccc(C2CCS(=O)(=O)C2)c(F)c1N. The van der Waals surface area contributed by atoms with Crippen molar-refractivity contribution < 1.29 is 12.8 Å². The number of halogens is 1. The van der Waals surface area contributed by atoms with Crippen LogP contribution in [-0.2, 0) is 9.84 Å². The van der Waals surface area contributed by atoms with E-state index in [1.165, 1.54) is 12.1 Å². The molecule has 4 N–H and O–H groups in total. The van der Waals surface area contributed by atoms with Gasteiger partial charge in [0, 0.05) is 5.92 Å². The Morgan fingerprint density at radius 3 is 2.56 bits per heavy atom. The summed E-state index contributed by atoms with van der Waals surface area (Å²) in [6.07, 6.45) is 0.447. The van der Waals surface area contributed by atoms with Crippen molar-refractivity contribution in [2.75, 3.05) is 23.0 Å². The van der Waals surface area contributed by atoms with E-state index in [1.807, 2.05) is 0 Å². The third kappa shape index (κ3) is 1.84. The van der Waals surface area contributed by atoms with Gasteiger partial charge in [-0.1, -0.05) is 6.07 Å². The van der Waals surface area contributed by atoms with Crippen LogP contribution in [0.3, 0.4) is 0 Å². The number of nitrogens with two attached hydrogens (primary N) is 2. The fourth-order valence-corrected chi connectivity index (χ4v) is 3.75. The number of rotatable bonds is 1. The summed E-state index contributed by atoms with van der Waals surface area (Å²) < 4.78 is 36.4. The first-order valence-corrected chi connectivity index (χ1v) is 6.76. The van der Waals surface area contributed by atoms with Gasteiger partial charge in [-0.3, -0.25) is 0 Å². The number of anilines is 2. The van der Waals surface area contributed by atoms with Gasteiger partial charge in [0.2, 0.25) is 0 Å². The van der Waals surface area contributed by atoms with Crippen LogP contribution in [-0.4, -0.2) is 19.9 Å². The first kappa shape index (κ1) is 11.2. The summed E-state index contributed by atoms with van der Waals surface area (Å²) in [6, 6.07) is 3.03. The van der Waals surface area contributed by atoms with Crippen molar-refractivity contribution in [2.45, 2.75) is 12.3 Å². The summed E-state index contributed by atoms with van der Waals surface area (Å²) in [5, 5.41) is 0. The summed E-state index contributed by atoms with van der Waals surface area (Å²) in [7, 11) is -3.02. The topological polar surface area (TPSA) is 86.2 Å². The van der Waals surface area contributed by atoms with Crippen molar-refractivity contribution in [1.29, 1.82) is 0 Å². The maximum absolute atomic E-state index is 13.8. The average molecular weight is 244 g/mol. The van der Waals surface area contributed by atoms with Crippen LogP contribution in [0.4, 0.5) is 15.8 Å². The first-order valence-electron chi connectivity index (χ1n) is 4.94. The second kappa shape index (κ2) is 3.62. The quantitative estimate of drug-likeness (QED) is 0.718. The summed E-state index contributed by atoms with van der Waals surface area (Å²) in [5.41, 5.74) is 11.4. The molecular formula is C10H13FN2O2S. The molecule has 1 fully saturated rings. The molecule has 2 rings (SSSR count). The molecule has 1 atom stereocenters. The molecule has 88 valence electrons. The van der Waals surface area contributed by atoms with Crippen molar-refractivity contribution in [3.05, 3.63) is 23.5 Å². The second-order valence-corrected chi connectivity index (χ2v) is 6.30. The van der Waals surface area contributed by atoms with Crippen molar-refractivity contribution in [3.8, 4) is 0 Å². The molecule has 1 heterocycles. The molecule has 0 bridgehead atoms. The Kier molecular flexibility index (Phi) is 2.53. The molecule has 0 aromatic heterocycles. The van der Waals surface area contributed by atoms with Crippen molar-refractivity contribution in [1.82, 2.24) is 0 Å². The summed E-state index contributed by atoms with van der Waals surface area (Å²) in [6.45, 7) is 0. The summed E-state index contributed by atoms with van der Waals surface area (Å²) >= 11 is 0. The predicted octanol–water partition coefficient (Wildman–Crippen LogP) is 0.892. The van der Waals surface area contributed by atoms with Crippen LogP contribution in [0.15, 0.2) is 12.1 Å². The third-order valence-corrected chi connectivity index (χ3v) is 4.68. The average Bonchev–Trinajstić information content (AvgIpc) is 2.55. The molecule has 1 saturated heterocycles. The van der Waals surface area contributed by atoms with E-state index >= 15 is 0 Å². The minimum absolute atomic E-state index is 0.00667. The fraction of sp³-hybridized carbons (Fsp3) is 0.400. The van der Waals surface area contributed by atoms with Crippen LogP contribution in [0.1, 0.15) is 17.9 Å². The van der Waals surface area contributed by atoms with Gasteiger partial charge in [-0.15, -0.1) is 0 Å². The van der Waals surface area contributed by atoms with E-state index in [9.17, 15) is 12.8 Å². The van der Waals surface area contributed by atoms with Crippen LogP contribution >= 0.6 is 0 Å². The van der Waals surface area contributed by atoms with Crippen LogP contribution in [0.5, 0.6) is 0 Å². The summed E-state index contributed by atoms with van der Waals surface area (Å²) in [5.74, 6) is -0.774. The Labute approximate surface area is 93.4 Å². The largest absolute Gasteiger partial charge is 0.397 e. The number of hydrogen-bond acceptors (Lipinski definition) is 4. The molecule has 0 aliphatic carbocycles. The van der Waals surface area contributed by atoms with Crippen LogP contribution in [0, 0.1) is 5.82 Å². The van der Waals surface area contributed by atoms with Gasteiger partial charge in [0.1, 0.15) is 0 Å². The first-order chi connectivity index (χ1) is 7.41. The highest BCUT2D eigenvalue weighted by molar-refractivity contribution is 7.91. The van der Waals surface area contributed by atoms with Gasteiger partial charge in [-0.2, -0.15) is 0 Å². The molecule has 0 spiro atoms. The number of nitrogen functional groups attached to an aromatic ring is 2. The monoisotopic (exact) mass is 244 g/mol. The standard InChI is InChI=1S/C10H13FN2O2S/c11-9-7(1-2-8(12)10(9)13)6-3-4-16(14,15)5-6/h1-2,6H,3-5,12-13H2. The minimum atomic E-state index is -3.02. The zero-order chi connectivity index (χ0) is 11.9. The highest BCUT2D eigenvalue weighted by Crippen LogP contribution is 2.34. The van der Waals surface area contributed by atoms with E-state index in [0.717, 1.165) is 0 Å². The van der Waals surface area contributed by atoms with Crippen molar-refractivity contribution >= 4 is 21.2 Å². The van der Waals surface area contributed by atoms with Gasteiger partial charge in [-0.25, -0.2) is 12.8 Å². The molecular weight excluding hydrogens is 231 g/mol. The molecule has 0 amide bonds. The lowest BCUT2D eigenvalue weighted by molar-refractivity contribution is 0.592. The molecule has 0 radical (unpaired) electrons. The molecule has 1 aliphatic rings. The van der Waals surface area contributed by atoms with E-state index in [1.54, 1.807) is 0 Å². The Balaban J connectivity index is 2.40. The predicted molar refractivity (Wildman–Crippen MR) is 61.2 cm³/mol. The van der Waals surface area contributed by atoms with E-state index in [-0.39, 0.29) is 28.8 Å². The Bertz CT molecular complexity index is 528. The van der Waals surface area contributed by atoms with Crippen molar-refractivity contribution in [3.63, 3.8) is 0 Å². The van der Waals surface area contributed by atoms with E-state index < -0.39 is 15.7 Å². The zero-order valence-corrected chi connectivity index (χ0v) is 9.43. The third-order valence-electron chi connectivity index (χ3n) is 2.92. The Morgan fingerprint density at radius 1 is 1.31 bits per heavy atom. The maximum Gasteiger partial charge on any atom is 0.151 e. The van der Waals surface area contributed by atoms with Crippen LogP contribution < -0.4 is 11.5 Å². The van der Waals surface area contributed by atoms with Gasteiger partial charge in [0.15, 0.2) is 15.7 Å². The lowest BCUT2D eigenvalue weighted by atomic mass is 9.97. The van der Waals surface area contributed by atoms with E-state index in [0.29, 0.717) is 12.0 Å². The van der Waals surface area contributed by atoms with Gasteiger partial charge < -0.3 is 11.5 Å². The van der Waals surface area contributed by atoms with E-state index in [2.05, 4.69) is 0 Å². The smallest absolute Gasteiger partial charge is 0.151 e. The van der Waals surface area contributed by atoms with Gasteiger partial charge in [0.05, 0.1) is 22.9 Å². The lowest BCUT2D eigenvalue weighted by Gasteiger charge is -2.12. The highest BCUT2D eigenvalue weighted by atomic mass is 32.2. The molecule has 0 saturated carbocycles.